The second-order valence-corrected chi connectivity index (χ2v) is 3.59. The third-order valence-corrected chi connectivity index (χ3v) is 2.29. The van der Waals surface area contributed by atoms with Crippen LogP contribution in [0, 0.1) is 0 Å². The van der Waals surface area contributed by atoms with E-state index in [9.17, 15) is 0 Å². The van der Waals surface area contributed by atoms with Crippen molar-refractivity contribution in [2.75, 3.05) is 6.61 Å². The Morgan fingerprint density at radius 2 is 1.88 bits per heavy atom. The van der Waals surface area contributed by atoms with Gasteiger partial charge in [0, 0.05) is 11.8 Å². The number of nitrogens with zero attached hydrogens (tertiary/aromatic N) is 1. The summed E-state index contributed by atoms with van der Waals surface area (Å²) >= 11 is 0. The van der Waals surface area contributed by atoms with Crippen LogP contribution in [-0.2, 0) is 0 Å². The minimum atomic E-state index is 0.767. The van der Waals surface area contributed by atoms with Crippen LogP contribution in [-0.4, -0.2) is 11.6 Å². The number of ether oxygens (including phenoxy) is 1. The molecule has 1 heterocycles. The van der Waals surface area contributed by atoms with Crippen molar-refractivity contribution in [3.63, 3.8) is 0 Å². The number of hydrogen-bond donors (Lipinski definition) is 0. The third kappa shape index (κ3) is 2.60. The SMILES string of the molecule is CCCOc1ccc(-c2ccccn2)cc1. The summed E-state index contributed by atoms with van der Waals surface area (Å²) in [6.45, 7) is 2.87. The van der Waals surface area contributed by atoms with Crippen molar-refractivity contribution in [1.82, 2.24) is 4.98 Å². The van der Waals surface area contributed by atoms with Crippen molar-refractivity contribution in [3.8, 4) is 17.0 Å². The van der Waals surface area contributed by atoms with Gasteiger partial charge in [0.25, 0.3) is 0 Å². The van der Waals surface area contributed by atoms with Gasteiger partial charge in [0.2, 0.25) is 0 Å². The topological polar surface area (TPSA) is 22.1 Å². The molecule has 0 saturated heterocycles. The van der Waals surface area contributed by atoms with Crippen molar-refractivity contribution >= 4 is 0 Å². The molecule has 2 aromatic rings. The highest BCUT2D eigenvalue weighted by Crippen LogP contribution is 2.20. The molecule has 0 aliphatic carbocycles. The van der Waals surface area contributed by atoms with Gasteiger partial charge in [-0.3, -0.25) is 4.98 Å². The molecule has 16 heavy (non-hydrogen) atoms. The predicted octanol–water partition coefficient (Wildman–Crippen LogP) is 3.54. The lowest BCUT2D eigenvalue weighted by Crippen LogP contribution is -1.94. The molecule has 0 saturated carbocycles. The largest absolute Gasteiger partial charge is 0.494 e. The van der Waals surface area contributed by atoms with Crippen LogP contribution in [0.25, 0.3) is 11.3 Å². The quantitative estimate of drug-likeness (QED) is 0.775. The van der Waals surface area contributed by atoms with E-state index in [1.54, 1.807) is 6.20 Å². The fourth-order valence-electron chi connectivity index (χ4n) is 1.48. The maximum absolute atomic E-state index is 5.53. The van der Waals surface area contributed by atoms with Gasteiger partial charge in [0.15, 0.2) is 0 Å². The first-order chi connectivity index (χ1) is 7.90. The second kappa shape index (κ2) is 5.31. The van der Waals surface area contributed by atoms with Crippen molar-refractivity contribution < 1.29 is 4.74 Å². The maximum atomic E-state index is 5.53. The van der Waals surface area contributed by atoms with Crippen molar-refractivity contribution in [2.45, 2.75) is 13.3 Å². The Morgan fingerprint density at radius 1 is 1.06 bits per heavy atom. The highest BCUT2D eigenvalue weighted by Gasteiger charge is 1.98. The Morgan fingerprint density at radius 3 is 2.50 bits per heavy atom. The standard InChI is InChI=1S/C14H15NO/c1-2-11-16-13-8-6-12(7-9-13)14-5-3-4-10-15-14/h3-10H,2,11H2,1H3. The zero-order valence-corrected chi connectivity index (χ0v) is 9.39. The van der Waals surface area contributed by atoms with E-state index in [1.165, 1.54) is 0 Å². The minimum Gasteiger partial charge on any atom is -0.494 e. The summed E-state index contributed by atoms with van der Waals surface area (Å²) in [6, 6.07) is 14.0. The van der Waals surface area contributed by atoms with E-state index in [0.29, 0.717) is 0 Å². The first kappa shape index (κ1) is 10.7. The lowest BCUT2D eigenvalue weighted by Gasteiger charge is -2.05. The van der Waals surface area contributed by atoms with E-state index in [2.05, 4.69) is 11.9 Å². The third-order valence-electron chi connectivity index (χ3n) is 2.29. The van der Waals surface area contributed by atoms with E-state index >= 15 is 0 Å². The number of pyridine rings is 1. The van der Waals surface area contributed by atoms with E-state index in [-0.39, 0.29) is 0 Å². The van der Waals surface area contributed by atoms with Crippen LogP contribution < -0.4 is 4.74 Å². The molecule has 1 aromatic carbocycles. The molecular formula is C14H15NO. The van der Waals surface area contributed by atoms with Crippen LogP contribution in [0.3, 0.4) is 0 Å². The number of rotatable bonds is 4. The molecule has 2 nitrogen and oxygen atoms in total. The fourth-order valence-corrected chi connectivity index (χ4v) is 1.48. The van der Waals surface area contributed by atoms with Crippen LogP contribution in [0.2, 0.25) is 0 Å². The fraction of sp³-hybridized carbons (Fsp3) is 0.214. The molecule has 2 heteroatoms. The normalized spacial score (nSPS) is 10.1. The summed E-state index contributed by atoms with van der Waals surface area (Å²) in [5.74, 6) is 0.918. The number of benzene rings is 1. The summed E-state index contributed by atoms with van der Waals surface area (Å²) in [5.41, 5.74) is 2.11. The van der Waals surface area contributed by atoms with E-state index in [4.69, 9.17) is 4.74 Å². The molecule has 0 aliphatic heterocycles. The molecule has 0 fully saturated rings. The van der Waals surface area contributed by atoms with Crippen LogP contribution in [0.1, 0.15) is 13.3 Å². The van der Waals surface area contributed by atoms with E-state index in [1.807, 2.05) is 42.5 Å². The molecule has 0 bridgehead atoms. The van der Waals surface area contributed by atoms with Gasteiger partial charge in [-0.2, -0.15) is 0 Å². The summed E-state index contributed by atoms with van der Waals surface area (Å²) in [6.07, 6.45) is 2.83. The Hall–Kier alpha value is -1.83. The minimum absolute atomic E-state index is 0.767. The van der Waals surface area contributed by atoms with Gasteiger partial charge in [0.05, 0.1) is 12.3 Å². The summed E-state index contributed by atoms with van der Waals surface area (Å²) in [5, 5.41) is 0. The molecule has 0 N–H and O–H groups in total. The van der Waals surface area contributed by atoms with Gasteiger partial charge in [-0.1, -0.05) is 13.0 Å². The van der Waals surface area contributed by atoms with Crippen molar-refractivity contribution in [2.24, 2.45) is 0 Å². The molecule has 2 rings (SSSR count). The molecule has 82 valence electrons. The van der Waals surface area contributed by atoms with Crippen LogP contribution in [0.4, 0.5) is 0 Å². The molecular weight excluding hydrogens is 198 g/mol. The van der Waals surface area contributed by atoms with Crippen LogP contribution in [0.15, 0.2) is 48.7 Å². The number of aromatic nitrogens is 1. The highest BCUT2D eigenvalue weighted by atomic mass is 16.5. The average molecular weight is 213 g/mol. The molecule has 0 amide bonds. The lowest BCUT2D eigenvalue weighted by molar-refractivity contribution is 0.317. The summed E-state index contributed by atoms with van der Waals surface area (Å²) < 4.78 is 5.53. The predicted molar refractivity (Wildman–Crippen MR) is 65.5 cm³/mol. The van der Waals surface area contributed by atoms with Crippen LogP contribution in [0.5, 0.6) is 5.75 Å². The van der Waals surface area contributed by atoms with Gasteiger partial charge >= 0.3 is 0 Å². The molecule has 0 atom stereocenters. The second-order valence-electron chi connectivity index (χ2n) is 3.59. The Bertz CT molecular complexity index is 422. The van der Waals surface area contributed by atoms with Crippen LogP contribution >= 0.6 is 0 Å². The van der Waals surface area contributed by atoms with E-state index < -0.39 is 0 Å². The molecule has 1 aromatic heterocycles. The molecule has 0 spiro atoms. The molecule has 0 radical (unpaired) electrons. The van der Waals surface area contributed by atoms with Gasteiger partial charge in [-0.05, 0) is 42.8 Å². The Kier molecular flexibility index (Phi) is 3.54. The maximum Gasteiger partial charge on any atom is 0.119 e. The van der Waals surface area contributed by atoms with Gasteiger partial charge in [-0.25, -0.2) is 0 Å². The smallest absolute Gasteiger partial charge is 0.119 e. The first-order valence-corrected chi connectivity index (χ1v) is 5.54. The van der Waals surface area contributed by atoms with Gasteiger partial charge in [-0.15, -0.1) is 0 Å². The van der Waals surface area contributed by atoms with Crippen molar-refractivity contribution in [1.29, 1.82) is 0 Å². The summed E-state index contributed by atoms with van der Waals surface area (Å²) in [4.78, 5) is 4.30. The Balaban J connectivity index is 2.13. The first-order valence-electron chi connectivity index (χ1n) is 5.54. The molecule has 0 aliphatic rings. The number of hydrogen-bond acceptors (Lipinski definition) is 2. The zero-order chi connectivity index (χ0) is 11.2. The molecule has 0 unspecified atom stereocenters. The Labute approximate surface area is 95.9 Å². The highest BCUT2D eigenvalue weighted by molar-refractivity contribution is 5.59. The summed E-state index contributed by atoms with van der Waals surface area (Å²) in [7, 11) is 0. The zero-order valence-electron chi connectivity index (χ0n) is 9.39. The van der Waals surface area contributed by atoms with Gasteiger partial charge in [0.1, 0.15) is 5.75 Å². The lowest BCUT2D eigenvalue weighted by atomic mass is 10.1. The average Bonchev–Trinajstić information content (AvgIpc) is 2.38. The van der Waals surface area contributed by atoms with E-state index in [0.717, 1.165) is 30.0 Å². The monoisotopic (exact) mass is 213 g/mol. The van der Waals surface area contributed by atoms with Gasteiger partial charge < -0.3 is 4.74 Å². The van der Waals surface area contributed by atoms with Crippen molar-refractivity contribution in [3.05, 3.63) is 48.7 Å².